The second kappa shape index (κ2) is 5.77. The predicted octanol–water partition coefficient (Wildman–Crippen LogP) is 0.964. The van der Waals surface area contributed by atoms with Gasteiger partial charge >= 0.3 is 0 Å². The van der Waals surface area contributed by atoms with Crippen molar-refractivity contribution < 1.29 is 9.59 Å². The van der Waals surface area contributed by atoms with Crippen molar-refractivity contribution in [3.8, 4) is 11.3 Å². The molecule has 2 rings (SSSR count). The fourth-order valence-electron chi connectivity index (χ4n) is 1.60. The van der Waals surface area contributed by atoms with Gasteiger partial charge in [-0.1, -0.05) is 18.2 Å². The van der Waals surface area contributed by atoms with Gasteiger partial charge in [0.05, 0.1) is 12.2 Å². The molecule has 0 fully saturated rings. The molecule has 0 aliphatic carbocycles. The van der Waals surface area contributed by atoms with E-state index in [1.54, 1.807) is 18.3 Å². The first-order valence-electron chi connectivity index (χ1n) is 5.75. The Morgan fingerprint density at radius 1 is 1.11 bits per heavy atom. The highest BCUT2D eigenvalue weighted by molar-refractivity contribution is 5.96. The van der Waals surface area contributed by atoms with Crippen LogP contribution in [0.4, 0.5) is 0 Å². The fourth-order valence-corrected chi connectivity index (χ4v) is 1.60. The molecule has 19 heavy (non-hydrogen) atoms. The lowest BCUT2D eigenvalue weighted by atomic mass is 10.1. The van der Waals surface area contributed by atoms with Crippen molar-refractivity contribution in [2.45, 2.75) is 0 Å². The SMILES string of the molecule is NC(=O)CNC(=O)c1ccc(-c2ccccn2)cc1. The summed E-state index contributed by atoms with van der Waals surface area (Å²) in [4.78, 5) is 26.5. The van der Waals surface area contributed by atoms with Crippen LogP contribution in [0.2, 0.25) is 0 Å². The van der Waals surface area contributed by atoms with Crippen LogP contribution in [0.15, 0.2) is 48.7 Å². The van der Waals surface area contributed by atoms with Crippen molar-refractivity contribution in [3.63, 3.8) is 0 Å². The first-order valence-corrected chi connectivity index (χ1v) is 5.75. The number of hydrogen-bond donors (Lipinski definition) is 2. The molecular formula is C14H13N3O2. The van der Waals surface area contributed by atoms with Gasteiger partial charge in [0, 0.05) is 17.3 Å². The highest BCUT2D eigenvalue weighted by Crippen LogP contribution is 2.16. The molecule has 0 atom stereocenters. The van der Waals surface area contributed by atoms with Crippen molar-refractivity contribution in [3.05, 3.63) is 54.2 Å². The Bertz CT molecular complexity index is 579. The summed E-state index contributed by atoms with van der Waals surface area (Å²) in [5.41, 5.74) is 7.19. The maximum atomic E-state index is 11.7. The molecule has 5 nitrogen and oxygen atoms in total. The van der Waals surface area contributed by atoms with Crippen LogP contribution in [0.25, 0.3) is 11.3 Å². The van der Waals surface area contributed by atoms with E-state index < -0.39 is 5.91 Å². The molecule has 2 aromatic rings. The van der Waals surface area contributed by atoms with Gasteiger partial charge in [-0.3, -0.25) is 14.6 Å². The number of rotatable bonds is 4. The van der Waals surface area contributed by atoms with Crippen LogP contribution in [0.3, 0.4) is 0 Å². The molecule has 0 aliphatic heterocycles. The van der Waals surface area contributed by atoms with Gasteiger partial charge in [-0.2, -0.15) is 0 Å². The molecule has 3 N–H and O–H groups in total. The second-order valence-corrected chi connectivity index (χ2v) is 3.94. The van der Waals surface area contributed by atoms with E-state index in [2.05, 4.69) is 10.3 Å². The number of benzene rings is 1. The third-order valence-electron chi connectivity index (χ3n) is 2.53. The zero-order valence-corrected chi connectivity index (χ0v) is 10.2. The van der Waals surface area contributed by atoms with Crippen LogP contribution in [0.5, 0.6) is 0 Å². The summed E-state index contributed by atoms with van der Waals surface area (Å²) in [5.74, 6) is -0.898. The fraction of sp³-hybridized carbons (Fsp3) is 0.0714. The van der Waals surface area contributed by atoms with Gasteiger partial charge in [-0.15, -0.1) is 0 Å². The van der Waals surface area contributed by atoms with Crippen molar-refractivity contribution in [1.29, 1.82) is 0 Å². The van der Waals surface area contributed by atoms with E-state index in [0.29, 0.717) is 5.56 Å². The van der Waals surface area contributed by atoms with Gasteiger partial charge in [-0.05, 0) is 24.3 Å². The molecule has 2 amide bonds. The Balaban J connectivity index is 2.10. The van der Waals surface area contributed by atoms with Crippen LogP contribution in [-0.4, -0.2) is 23.3 Å². The minimum Gasteiger partial charge on any atom is -0.368 e. The lowest BCUT2D eigenvalue weighted by molar-refractivity contribution is -0.117. The first-order chi connectivity index (χ1) is 9.16. The second-order valence-electron chi connectivity index (χ2n) is 3.94. The van der Waals surface area contributed by atoms with E-state index in [0.717, 1.165) is 11.3 Å². The van der Waals surface area contributed by atoms with Gasteiger partial charge in [0.25, 0.3) is 5.91 Å². The molecule has 1 aromatic heterocycles. The Labute approximate surface area is 110 Å². The van der Waals surface area contributed by atoms with Crippen molar-refractivity contribution in [2.75, 3.05) is 6.54 Å². The highest BCUT2D eigenvalue weighted by Gasteiger charge is 2.06. The number of aromatic nitrogens is 1. The Morgan fingerprint density at radius 3 is 2.42 bits per heavy atom. The maximum absolute atomic E-state index is 11.7. The van der Waals surface area contributed by atoms with Crippen molar-refractivity contribution >= 4 is 11.8 Å². The molecule has 5 heteroatoms. The standard InChI is InChI=1S/C14H13N3O2/c15-13(18)9-17-14(19)11-6-4-10(5-7-11)12-3-1-2-8-16-12/h1-8H,9H2,(H2,15,18)(H,17,19). The number of hydrogen-bond acceptors (Lipinski definition) is 3. The molecule has 96 valence electrons. The zero-order chi connectivity index (χ0) is 13.7. The minimum absolute atomic E-state index is 0.166. The van der Waals surface area contributed by atoms with E-state index in [4.69, 9.17) is 5.73 Å². The van der Waals surface area contributed by atoms with Gasteiger partial charge in [0.15, 0.2) is 0 Å². The number of nitrogens with two attached hydrogens (primary N) is 1. The van der Waals surface area contributed by atoms with Crippen LogP contribution in [0.1, 0.15) is 10.4 Å². The molecule has 0 bridgehead atoms. The molecule has 1 heterocycles. The smallest absolute Gasteiger partial charge is 0.251 e. The number of nitrogens with zero attached hydrogens (tertiary/aromatic N) is 1. The lowest BCUT2D eigenvalue weighted by Gasteiger charge is -2.04. The summed E-state index contributed by atoms with van der Waals surface area (Å²) in [6.45, 7) is -0.166. The van der Waals surface area contributed by atoms with Crippen molar-refractivity contribution in [2.24, 2.45) is 5.73 Å². The van der Waals surface area contributed by atoms with Crippen LogP contribution in [0, 0.1) is 0 Å². The van der Waals surface area contributed by atoms with Crippen LogP contribution < -0.4 is 11.1 Å². The normalized spacial score (nSPS) is 9.89. The molecule has 0 spiro atoms. The number of carbonyl (C=O) groups is 2. The Kier molecular flexibility index (Phi) is 3.87. The van der Waals surface area contributed by atoms with Gasteiger partial charge < -0.3 is 11.1 Å². The van der Waals surface area contributed by atoms with E-state index in [9.17, 15) is 9.59 Å². The third-order valence-corrected chi connectivity index (χ3v) is 2.53. The summed E-state index contributed by atoms with van der Waals surface area (Å²) in [5, 5.41) is 2.43. The topological polar surface area (TPSA) is 85.1 Å². The average molecular weight is 255 g/mol. The molecule has 0 unspecified atom stereocenters. The number of primary amides is 1. The van der Waals surface area contributed by atoms with Gasteiger partial charge in [0.2, 0.25) is 5.91 Å². The molecule has 0 saturated heterocycles. The molecule has 0 radical (unpaired) electrons. The Hall–Kier alpha value is -2.69. The maximum Gasteiger partial charge on any atom is 0.251 e. The van der Waals surface area contributed by atoms with E-state index in [1.807, 2.05) is 30.3 Å². The number of carbonyl (C=O) groups excluding carboxylic acids is 2. The first kappa shape index (κ1) is 12.8. The summed E-state index contributed by atoms with van der Waals surface area (Å²) < 4.78 is 0. The highest BCUT2D eigenvalue weighted by atomic mass is 16.2. The number of amides is 2. The van der Waals surface area contributed by atoms with Gasteiger partial charge in [0.1, 0.15) is 0 Å². The predicted molar refractivity (Wildman–Crippen MR) is 71.2 cm³/mol. The average Bonchev–Trinajstić information content (AvgIpc) is 2.46. The lowest BCUT2D eigenvalue weighted by Crippen LogP contribution is -2.33. The number of pyridine rings is 1. The molecular weight excluding hydrogens is 242 g/mol. The summed E-state index contributed by atoms with van der Waals surface area (Å²) in [7, 11) is 0. The van der Waals surface area contributed by atoms with Crippen LogP contribution >= 0.6 is 0 Å². The number of nitrogens with one attached hydrogen (secondary N) is 1. The summed E-state index contributed by atoms with van der Waals surface area (Å²) in [6.07, 6.45) is 1.71. The third kappa shape index (κ3) is 3.38. The van der Waals surface area contributed by atoms with Crippen LogP contribution in [-0.2, 0) is 4.79 Å². The molecule has 1 aromatic carbocycles. The Morgan fingerprint density at radius 2 is 1.84 bits per heavy atom. The van der Waals surface area contributed by atoms with E-state index in [-0.39, 0.29) is 12.5 Å². The van der Waals surface area contributed by atoms with E-state index >= 15 is 0 Å². The molecule has 0 aliphatic rings. The zero-order valence-electron chi connectivity index (χ0n) is 10.2. The summed E-state index contributed by atoms with van der Waals surface area (Å²) in [6, 6.07) is 12.6. The monoisotopic (exact) mass is 255 g/mol. The van der Waals surface area contributed by atoms with Crippen molar-refractivity contribution in [1.82, 2.24) is 10.3 Å². The summed E-state index contributed by atoms with van der Waals surface area (Å²) >= 11 is 0. The van der Waals surface area contributed by atoms with E-state index in [1.165, 1.54) is 0 Å². The quantitative estimate of drug-likeness (QED) is 0.853. The largest absolute Gasteiger partial charge is 0.368 e. The minimum atomic E-state index is -0.571. The molecule has 0 saturated carbocycles. The van der Waals surface area contributed by atoms with Gasteiger partial charge in [-0.25, -0.2) is 0 Å².